The van der Waals surface area contributed by atoms with E-state index in [1.807, 2.05) is 36.5 Å². The number of rotatable bonds is 29. The molecule has 0 aliphatic heterocycles. The first-order chi connectivity index (χ1) is 21.5. The van der Waals surface area contributed by atoms with Crippen LogP contribution in [-0.4, -0.2) is 47.6 Å². The summed E-state index contributed by atoms with van der Waals surface area (Å²) in [6.45, 7) is 4.01. The lowest BCUT2D eigenvalue weighted by molar-refractivity contribution is -0.152. The monoisotopic (exact) mass is 614 g/mol. The molecule has 0 aromatic heterocycles. The molecule has 6 nitrogen and oxygen atoms in total. The van der Waals surface area contributed by atoms with E-state index >= 15 is 0 Å². The fourth-order valence-electron chi connectivity index (χ4n) is 4.19. The molecule has 0 aromatic rings. The summed E-state index contributed by atoms with van der Waals surface area (Å²) in [6.07, 6.45) is 39.9. The lowest BCUT2D eigenvalue weighted by Gasteiger charge is -2.12. The highest BCUT2D eigenvalue weighted by molar-refractivity contribution is 5.70. The van der Waals surface area contributed by atoms with Crippen LogP contribution in [0.3, 0.4) is 0 Å². The number of hydrogen-bond donors (Lipinski definition) is 2. The highest BCUT2D eigenvalue weighted by atomic mass is 16.6. The number of carbonyl (C=O) groups is 2. The zero-order chi connectivity index (χ0) is 32.4. The molecule has 250 valence electrons. The zero-order valence-corrected chi connectivity index (χ0v) is 27.8. The minimum atomic E-state index is -1.01. The molecule has 0 aliphatic carbocycles. The van der Waals surface area contributed by atoms with Gasteiger partial charge in [0.05, 0.1) is 6.10 Å². The SMILES string of the molecule is CC/C=C\C/C=C\CC(O)/C=C/C=C\C/C=C\C/C=C\CCC(=O)OC[C@@H](O)COC(=O)CCCCCCCCCCCC. The molecule has 0 aromatic carbocycles. The summed E-state index contributed by atoms with van der Waals surface area (Å²) in [7, 11) is 0. The van der Waals surface area contributed by atoms with Crippen molar-refractivity contribution in [3.8, 4) is 0 Å². The molecule has 0 fully saturated rings. The number of esters is 2. The molecule has 0 bridgehead atoms. The predicted molar refractivity (Wildman–Crippen MR) is 183 cm³/mol. The Bertz CT molecular complexity index is 851. The second-order valence-electron chi connectivity index (χ2n) is 11.1. The Balaban J connectivity index is 3.71. The van der Waals surface area contributed by atoms with Crippen LogP contribution in [0.5, 0.6) is 0 Å². The first kappa shape index (κ1) is 41.3. The van der Waals surface area contributed by atoms with Gasteiger partial charge in [-0.2, -0.15) is 0 Å². The topological polar surface area (TPSA) is 93.1 Å². The highest BCUT2D eigenvalue weighted by Crippen LogP contribution is 2.11. The van der Waals surface area contributed by atoms with Crippen molar-refractivity contribution in [2.75, 3.05) is 13.2 Å². The Hall–Kier alpha value is -2.70. The number of unbranched alkanes of at least 4 members (excludes halogenated alkanes) is 9. The van der Waals surface area contributed by atoms with Crippen molar-refractivity contribution in [1.82, 2.24) is 0 Å². The molecule has 6 heteroatoms. The van der Waals surface area contributed by atoms with E-state index in [2.05, 4.69) is 44.2 Å². The van der Waals surface area contributed by atoms with Gasteiger partial charge in [-0.3, -0.25) is 9.59 Å². The van der Waals surface area contributed by atoms with Crippen LogP contribution in [-0.2, 0) is 19.1 Å². The number of ether oxygens (including phenoxy) is 2. The molecule has 0 amide bonds. The Morgan fingerprint density at radius 2 is 1.11 bits per heavy atom. The van der Waals surface area contributed by atoms with Crippen molar-refractivity contribution in [2.24, 2.45) is 0 Å². The van der Waals surface area contributed by atoms with E-state index in [-0.39, 0.29) is 31.6 Å². The quantitative estimate of drug-likeness (QED) is 0.0378. The molecule has 2 atom stereocenters. The summed E-state index contributed by atoms with van der Waals surface area (Å²) < 4.78 is 10.2. The molecule has 2 N–H and O–H groups in total. The second-order valence-corrected chi connectivity index (χ2v) is 11.1. The Morgan fingerprint density at radius 1 is 0.591 bits per heavy atom. The van der Waals surface area contributed by atoms with Gasteiger partial charge in [0.1, 0.15) is 19.3 Å². The van der Waals surface area contributed by atoms with Gasteiger partial charge in [-0.15, -0.1) is 0 Å². The van der Waals surface area contributed by atoms with Crippen LogP contribution < -0.4 is 0 Å². The molecule has 0 aliphatic rings. The fourth-order valence-corrected chi connectivity index (χ4v) is 4.19. The van der Waals surface area contributed by atoms with Gasteiger partial charge in [-0.25, -0.2) is 0 Å². The van der Waals surface area contributed by atoms with Crippen molar-refractivity contribution >= 4 is 11.9 Å². The van der Waals surface area contributed by atoms with Crippen LogP contribution in [0.1, 0.15) is 129 Å². The standard InChI is InChI=1S/C38H62O6/c1-3-5-7-9-11-12-16-19-23-27-31-37(41)43-33-36(40)34-44-38(42)32-28-24-20-17-14-13-15-18-22-26-30-35(39)29-25-21-10-8-6-4-2/h6,8,13-14,18,20-22,24-26,30,35-36,39-40H,3-5,7,9-12,15-17,19,23,27-29,31-34H2,1-2H3/b8-6-,14-13-,22-18-,24-20-,25-21-,30-26+/t35?,36-/m0/s1. The van der Waals surface area contributed by atoms with Crippen molar-refractivity contribution in [2.45, 2.75) is 142 Å². The van der Waals surface area contributed by atoms with Crippen LogP contribution in [0, 0.1) is 0 Å². The van der Waals surface area contributed by atoms with Crippen LogP contribution in [0.25, 0.3) is 0 Å². The fraction of sp³-hybridized carbons (Fsp3) is 0.632. The minimum Gasteiger partial charge on any atom is -0.463 e. The normalized spacial score (nSPS) is 13.8. The van der Waals surface area contributed by atoms with Crippen LogP contribution >= 0.6 is 0 Å². The van der Waals surface area contributed by atoms with Crippen molar-refractivity contribution in [3.05, 3.63) is 72.9 Å². The Labute approximate surface area is 268 Å². The number of hydrogen-bond acceptors (Lipinski definition) is 6. The minimum absolute atomic E-state index is 0.154. The van der Waals surface area contributed by atoms with Gasteiger partial charge in [-0.1, -0.05) is 145 Å². The smallest absolute Gasteiger partial charge is 0.306 e. The summed E-state index contributed by atoms with van der Waals surface area (Å²) >= 11 is 0. The first-order valence-electron chi connectivity index (χ1n) is 17.1. The lowest BCUT2D eigenvalue weighted by Crippen LogP contribution is -2.25. The Kier molecular flexibility index (Phi) is 31.2. The van der Waals surface area contributed by atoms with E-state index in [4.69, 9.17) is 9.47 Å². The summed E-state index contributed by atoms with van der Waals surface area (Å²) in [5.74, 6) is -0.698. The number of aliphatic hydroxyl groups excluding tert-OH is 2. The Morgan fingerprint density at radius 3 is 1.75 bits per heavy atom. The van der Waals surface area contributed by atoms with Crippen LogP contribution in [0.4, 0.5) is 0 Å². The maximum absolute atomic E-state index is 11.9. The summed E-state index contributed by atoms with van der Waals surface area (Å²) in [5, 5.41) is 19.9. The molecule has 0 heterocycles. The molecule has 0 radical (unpaired) electrons. The van der Waals surface area contributed by atoms with Crippen LogP contribution in [0.15, 0.2) is 72.9 Å². The van der Waals surface area contributed by atoms with Crippen molar-refractivity contribution < 1.29 is 29.3 Å². The van der Waals surface area contributed by atoms with E-state index in [0.29, 0.717) is 19.3 Å². The lowest BCUT2D eigenvalue weighted by atomic mass is 10.1. The molecule has 0 rings (SSSR count). The second kappa shape index (κ2) is 33.2. The summed E-state index contributed by atoms with van der Waals surface area (Å²) in [5.41, 5.74) is 0. The molecule has 44 heavy (non-hydrogen) atoms. The zero-order valence-electron chi connectivity index (χ0n) is 27.8. The van der Waals surface area contributed by atoms with Gasteiger partial charge >= 0.3 is 11.9 Å². The van der Waals surface area contributed by atoms with Gasteiger partial charge in [0.2, 0.25) is 0 Å². The average molecular weight is 615 g/mol. The van der Waals surface area contributed by atoms with E-state index in [0.717, 1.165) is 44.9 Å². The largest absolute Gasteiger partial charge is 0.463 e. The molecule has 0 saturated carbocycles. The highest BCUT2D eigenvalue weighted by Gasteiger charge is 2.11. The van der Waals surface area contributed by atoms with Gasteiger partial charge in [0.25, 0.3) is 0 Å². The van der Waals surface area contributed by atoms with Gasteiger partial charge < -0.3 is 19.7 Å². The third-order valence-electron chi connectivity index (χ3n) is 6.80. The van der Waals surface area contributed by atoms with Crippen LogP contribution in [0.2, 0.25) is 0 Å². The van der Waals surface area contributed by atoms with E-state index in [9.17, 15) is 19.8 Å². The molecule has 1 unspecified atom stereocenters. The number of allylic oxidation sites excluding steroid dienone is 10. The van der Waals surface area contributed by atoms with Gasteiger partial charge in [-0.05, 0) is 44.9 Å². The van der Waals surface area contributed by atoms with E-state index in [1.54, 1.807) is 6.08 Å². The molecule has 0 saturated heterocycles. The molecule has 0 spiro atoms. The number of aliphatic hydroxyl groups is 2. The van der Waals surface area contributed by atoms with Gasteiger partial charge in [0, 0.05) is 12.8 Å². The van der Waals surface area contributed by atoms with Gasteiger partial charge in [0.15, 0.2) is 0 Å². The average Bonchev–Trinajstić information content (AvgIpc) is 3.02. The van der Waals surface area contributed by atoms with Crippen molar-refractivity contribution in [3.63, 3.8) is 0 Å². The third kappa shape index (κ3) is 32.2. The maximum atomic E-state index is 11.9. The third-order valence-corrected chi connectivity index (χ3v) is 6.80. The first-order valence-corrected chi connectivity index (χ1v) is 17.1. The summed E-state index contributed by atoms with van der Waals surface area (Å²) in [4.78, 5) is 23.7. The predicted octanol–water partition coefficient (Wildman–Crippen LogP) is 9.19. The molecular formula is C38H62O6. The van der Waals surface area contributed by atoms with E-state index in [1.165, 1.54) is 44.9 Å². The summed E-state index contributed by atoms with van der Waals surface area (Å²) in [6, 6.07) is 0. The number of carbonyl (C=O) groups excluding carboxylic acids is 2. The maximum Gasteiger partial charge on any atom is 0.306 e. The molecular weight excluding hydrogens is 552 g/mol. The van der Waals surface area contributed by atoms with Crippen molar-refractivity contribution in [1.29, 1.82) is 0 Å². The van der Waals surface area contributed by atoms with E-state index < -0.39 is 12.2 Å².